The molecule has 3 aromatic rings. The van der Waals surface area contributed by atoms with Gasteiger partial charge >= 0.3 is 5.69 Å². The molecule has 0 unspecified atom stereocenters. The Balaban J connectivity index is 1.84. The van der Waals surface area contributed by atoms with Crippen LogP contribution in [0.25, 0.3) is 10.9 Å². The number of aromatic nitrogens is 1. The average molecular weight is 338 g/mol. The first-order valence-corrected chi connectivity index (χ1v) is 8.01. The molecule has 128 valence electrons. The number of carbonyl (C=O) groups is 1. The summed E-state index contributed by atoms with van der Waals surface area (Å²) in [5.74, 6) is -0.132. The van der Waals surface area contributed by atoms with Crippen molar-refractivity contribution in [3.05, 3.63) is 69.4 Å². The molecule has 1 aromatic heterocycles. The molecule has 0 amide bonds. The molecule has 0 atom stereocenters. The molecule has 0 saturated heterocycles. The Morgan fingerprint density at radius 2 is 2.08 bits per heavy atom. The van der Waals surface area contributed by atoms with Crippen molar-refractivity contribution in [2.24, 2.45) is 0 Å². The number of nitrogens with one attached hydrogen (secondary N) is 1. The summed E-state index contributed by atoms with van der Waals surface area (Å²) in [4.78, 5) is 26.3. The lowest BCUT2D eigenvalue weighted by Crippen LogP contribution is -2.12. The lowest BCUT2D eigenvalue weighted by atomic mass is 10.1. The van der Waals surface area contributed by atoms with Crippen LogP contribution in [-0.4, -0.2) is 22.3 Å². The first-order valence-electron chi connectivity index (χ1n) is 8.01. The number of aromatic amines is 1. The van der Waals surface area contributed by atoms with Crippen molar-refractivity contribution in [3.8, 4) is 5.75 Å². The molecule has 1 heterocycles. The highest BCUT2D eigenvalue weighted by atomic mass is 16.6. The van der Waals surface area contributed by atoms with E-state index in [1.165, 1.54) is 12.1 Å². The van der Waals surface area contributed by atoms with E-state index in [4.69, 9.17) is 4.74 Å². The Labute approximate surface area is 144 Å². The summed E-state index contributed by atoms with van der Waals surface area (Å²) >= 11 is 0. The monoisotopic (exact) mass is 338 g/mol. The molecule has 0 aliphatic carbocycles. The molecule has 1 N–H and O–H groups in total. The van der Waals surface area contributed by atoms with Gasteiger partial charge in [0.05, 0.1) is 4.92 Å². The van der Waals surface area contributed by atoms with Gasteiger partial charge in [-0.1, -0.05) is 31.2 Å². The number of carbonyl (C=O) groups excluding carboxylic acids is 1. The fourth-order valence-electron chi connectivity index (χ4n) is 2.86. The minimum atomic E-state index is -0.508. The Bertz CT molecular complexity index is 959. The van der Waals surface area contributed by atoms with E-state index >= 15 is 0 Å². The topological polar surface area (TPSA) is 85.2 Å². The molecule has 0 fully saturated rings. The molecule has 3 rings (SSSR count). The lowest BCUT2D eigenvalue weighted by Gasteiger charge is -2.07. The number of H-pyrrole nitrogens is 1. The summed E-state index contributed by atoms with van der Waals surface area (Å²) < 4.78 is 5.44. The average Bonchev–Trinajstić information content (AvgIpc) is 3.04. The quantitative estimate of drug-likeness (QED) is 0.414. The van der Waals surface area contributed by atoms with Crippen LogP contribution in [0.1, 0.15) is 28.4 Å². The second-order valence-electron chi connectivity index (χ2n) is 5.84. The van der Waals surface area contributed by atoms with E-state index < -0.39 is 4.92 Å². The van der Waals surface area contributed by atoms with Gasteiger partial charge < -0.3 is 9.72 Å². The number of nitro benzene ring substituents is 1. The highest BCUT2D eigenvalue weighted by Crippen LogP contribution is 2.28. The second-order valence-corrected chi connectivity index (χ2v) is 5.84. The van der Waals surface area contributed by atoms with Crippen molar-refractivity contribution in [2.45, 2.75) is 20.3 Å². The summed E-state index contributed by atoms with van der Waals surface area (Å²) in [6, 6.07) is 10.5. The van der Waals surface area contributed by atoms with Crippen LogP contribution in [-0.2, 0) is 6.42 Å². The van der Waals surface area contributed by atoms with Crippen molar-refractivity contribution < 1.29 is 14.5 Å². The molecule has 2 aromatic carbocycles. The number of rotatable bonds is 6. The van der Waals surface area contributed by atoms with Gasteiger partial charge in [-0.25, -0.2) is 0 Å². The van der Waals surface area contributed by atoms with E-state index in [1.807, 2.05) is 18.2 Å². The molecule has 0 aliphatic heterocycles. The Hall–Kier alpha value is -3.15. The zero-order valence-corrected chi connectivity index (χ0v) is 14.0. The molecule has 0 saturated carbocycles. The fourth-order valence-corrected chi connectivity index (χ4v) is 2.86. The third-order valence-corrected chi connectivity index (χ3v) is 4.15. The van der Waals surface area contributed by atoms with Gasteiger partial charge in [0, 0.05) is 28.7 Å². The van der Waals surface area contributed by atoms with Gasteiger partial charge in [-0.2, -0.15) is 0 Å². The van der Waals surface area contributed by atoms with Crippen LogP contribution in [0.15, 0.2) is 42.6 Å². The molecule has 6 nitrogen and oxygen atoms in total. The standard InChI is InChI=1S/C19H18N2O4/c1-3-13-5-4-6-14-15(10-20-19(13)14)17(22)11-25-18-8-7-12(2)9-16(18)21(23)24/h4-10,20H,3,11H2,1-2H3. The van der Waals surface area contributed by atoms with Gasteiger partial charge in [-0.05, 0) is 30.5 Å². The number of hydrogen-bond donors (Lipinski definition) is 1. The third-order valence-electron chi connectivity index (χ3n) is 4.15. The molecule has 0 spiro atoms. The zero-order valence-electron chi connectivity index (χ0n) is 14.0. The van der Waals surface area contributed by atoms with Crippen LogP contribution in [0, 0.1) is 17.0 Å². The van der Waals surface area contributed by atoms with Gasteiger partial charge in [0.25, 0.3) is 0 Å². The number of hydrogen-bond acceptors (Lipinski definition) is 4. The summed E-state index contributed by atoms with van der Waals surface area (Å²) in [5.41, 5.74) is 3.22. The summed E-state index contributed by atoms with van der Waals surface area (Å²) in [6.45, 7) is 3.56. The van der Waals surface area contributed by atoms with Crippen molar-refractivity contribution in [2.75, 3.05) is 6.61 Å². The van der Waals surface area contributed by atoms with E-state index in [-0.39, 0.29) is 23.8 Å². The van der Waals surface area contributed by atoms with Crippen LogP contribution in [0.4, 0.5) is 5.69 Å². The number of nitrogens with zero attached hydrogens (tertiary/aromatic N) is 1. The normalized spacial score (nSPS) is 10.8. The van der Waals surface area contributed by atoms with Gasteiger partial charge in [0.2, 0.25) is 5.78 Å². The molecule has 0 bridgehead atoms. The first kappa shape index (κ1) is 16.7. The van der Waals surface area contributed by atoms with Crippen LogP contribution in [0.5, 0.6) is 5.75 Å². The predicted molar refractivity (Wildman–Crippen MR) is 95.3 cm³/mol. The molecular formula is C19H18N2O4. The van der Waals surface area contributed by atoms with E-state index in [1.54, 1.807) is 19.2 Å². The Morgan fingerprint density at radius 3 is 2.80 bits per heavy atom. The molecule has 0 radical (unpaired) electrons. The van der Waals surface area contributed by atoms with Crippen LogP contribution < -0.4 is 4.74 Å². The van der Waals surface area contributed by atoms with Crippen LogP contribution in [0.3, 0.4) is 0 Å². The number of aryl methyl sites for hydroxylation is 2. The summed E-state index contributed by atoms with van der Waals surface area (Å²) in [7, 11) is 0. The van der Waals surface area contributed by atoms with E-state index in [0.717, 1.165) is 28.5 Å². The SMILES string of the molecule is CCc1cccc2c(C(=O)COc3ccc(C)cc3[N+](=O)[O-])c[nH]c12. The largest absolute Gasteiger partial charge is 0.478 e. The number of para-hydroxylation sites is 1. The minimum Gasteiger partial charge on any atom is -0.478 e. The van der Waals surface area contributed by atoms with Crippen molar-refractivity contribution in [3.63, 3.8) is 0 Å². The molecule has 6 heteroatoms. The van der Waals surface area contributed by atoms with E-state index in [0.29, 0.717) is 5.56 Å². The number of nitro groups is 1. The maximum atomic E-state index is 12.5. The van der Waals surface area contributed by atoms with Crippen molar-refractivity contribution in [1.29, 1.82) is 0 Å². The van der Waals surface area contributed by atoms with Crippen LogP contribution >= 0.6 is 0 Å². The lowest BCUT2D eigenvalue weighted by molar-refractivity contribution is -0.385. The van der Waals surface area contributed by atoms with Gasteiger partial charge in [0.15, 0.2) is 12.4 Å². The predicted octanol–water partition coefficient (Wildman–Crippen LogP) is 4.21. The minimum absolute atomic E-state index is 0.0954. The number of benzene rings is 2. The maximum absolute atomic E-state index is 12.5. The van der Waals surface area contributed by atoms with E-state index in [9.17, 15) is 14.9 Å². The first-order chi connectivity index (χ1) is 12.0. The van der Waals surface area contributed by atoms with Gasteiger partial charge in [0.1, 0.15) is 0 Å². The molecule has 25 heavy (non-hydrogen) atoms. The van der Waals surface area contributed by atoms with Crippen molar-refractivity contribution in [1.82, 2.24) is 4.98 Å². The Kier molecular flexibility index (Phi) is 4.52. The van der Waals surface area contributed by atoms with Crippen LogP contribution in [0.2, 0.25) is 0 Å². The molecule has 0 aliphatic rings. The summed E-state index contributed by atoms with van der Waals surface area (Å²) in [6.07, 6.45) is 2.52. The highest BCUT2D eigenvalue weighted by Gasteiger charge is 2.18. The third kappa shape index (κ3) is 3.24. The van der Waals surface area contributed by atoms with E-state index in [2.05, 4.69) is 11.9 Å². The number of ketones is 1. The second kappa shape index (κ2) is 6.76. The smallest absolute Gasteiger partial charge is 0.311 e. The van der Waals surface area contributed by atoms with Gasteiger partial charge in [-0.15, -0.1) is 0 Å². The van der Waals surface area contributed by atoms with Gasteiger partial charge in [-0.3, -0.25) is 14.9 Å². The fraction of sp³-hybridized carbons (Fsp3) is 0.211. The highest BCUT2D eigenvalue weighted by molar-refractivity contribution is 6.09. The number of Topliss-reactive ketones (excluding diaryl/α,β-unsaturated/α-hetero) is 1. The summed E-state index contributed by atoms with van der Waals surface area (Å²) in [5, 5.41) is 12.0. The number of ether oxygens (including phenoxy) is 1. The molecular weight excluding hydrogens is 320 g/mol. The maximum Gasteiger partial charge on any atom is 0.311 e. The Morgan fingerprint density at radius 1 is 1.28 bits per heavy atom. The number of fused-ring (bicyclic) bond motifs is 1. The van der Waals surface area contributed by atoms with Crippen molar-refractivity contribution >= 4 is 22.4 Å². The zero-order chi connectivity index (χ0) is 18.0.